The van der Waals surface area contributed by atoms with Crippen molar-refractivity contribution in [2.24, 2.45) is 0 Å². The lowest BCUT2D eigenvalue weighted by molar-refractivity contribution is -0.115. The third-order valence-corrected chi connectivity index (χ3v) is 3.16. The van der Waals surface area contributed by atoms with Crippen molar-refractivity contribution < 1.29 is 9.21 Å². The molecular weight excluding hydrogens is 272 g/mol. The van der Waals surface area contributed by atoms with Crippen LogP contribution in [0.3, 0.4) is 0 Å². The maximum absolute atomic E-state index is 11.8. The molecule has 0 spiro atoms. The second-order valence-corrected chi connectivity index (χ2v) is 4.78. The number of nitrogens with one attached hydrogen (secondary N) is 2. The number of hydrogen-bond acceptors (Lipinski definition) is 3. The van der Waals surface area contributed by atoms with Crippen LogP contribution >= 0.6 is 12.2 Å². The minimum Gasteiger partial charge on any atom is -0.467 e. The Morgan fingerprint density at radius 1 is 1.25 bits per heavy atom. The summed E-state index contributed by atoms with van der Waals surface area (Å²) in [7, 11) is 0. The van der Waals surface area contributed by atoms with Crippen LogP contribution in [0.5, 0.6) is 0 Å². The van der Waals surface area contributed by atoms with E-state index in [1.807, 2.05) is 37.3 Å². The summed E-state index contributed by atoms with van der Waals surface area (Å²) >= 11 is 5.09. The topological polar surface area (TPSA) is 54.3 Å². The van der Waals surface area contributed by atoms with Crippen LogP contribution in [0, 0.1) is 0 Å². The maximum Gasteiger partial charge on any atom is 0.279 e. The molecule has 0 bridgehead atoms. The van der Waals surface area contributed by atoms with Gasteiger partial charge in [0.25, 0.3) is 5.91 Å². The fourth-order valence-electron chi connectivity index (χ4n) is 1.75. The van der Waals surface area contributed by atoms with Crippen molar-refractivity contribution in [2.75, 3.05) is 0 Å². The third kappa shape index (κ3) is 3.93. The fraction of sp³-hybridized carbons (Fsp3) is 0.200. The van der Waals surface area contributed by atoms with Crippen molar-refractivity contribution in [2.45, 2.75) is 19.5 Å². The predicted octanol–water partition coefficient (Wildman–Crippen LogP) is 2.57. The first kappa shape index (κ1) is 14.3. The Balaban J connectivity index is 1.83. The Hall–Kier alpha value is -2.14. The van der Waals surface area contributed by atoms with E-state index >= 15 is 0 Å². The van der Waals surface area contributed by atoms with Gasteiger partial charge in [-0.25, -0.2) is 0 Å². The first-order valence-electron chi connectivity index (χ1n) is 6.33. The van der Waals surface area contributed by atoms with Gasteiger partial charge in [0.15, 0.2) is 4.99 Å². The van der Waals surface area contributed by atoms with E-state index in [4.69, 9.17) is 16.6 Å². The van der Waals surface area contributed by atoms with Gasteiger partial charge in [0.05, 0.1) is 12.8 Å². The van der Waals surface area contributed by atoms with E-state index in [9.17, 15) is 4.79 Å². The molecule has 2 N–H and O–H groups in total. The van der Waals surface area contributed by atoms with Crippen molar-refractivity contribution >= 4 is 23.1 Å². The maximum atomic E-state index is 11.8. The van der Waals surface area contributed by atoms with E-state index < -0.39 is 0 Å². The van der Waals surface area contributed by atoms with Crippen LogP contribution in [-0.2, 0) is 11.3 Å². The average molecular weight is 288 g/mol. The molecule has 0 fully saturated rings. The molecule has 1 aromatic heterocycles. The molecule has 0 aliphatic heterocycles. The summed E-state index contributed by atoms with van der Waals surface area (Å²) in [5.74, 6) is 0.386. The van der Waals surface area contributed by atoms with E-state index in [1.165, 1.54) is 0 Å². The standard InChI is InChI=1S/C15H16N2O2S/c1-11(12-6-3-2-4-7-12)17-15(20)14(18)16-10-13-8-5-9-19-13/h2-9,11H,10H2,1H3,(H,16,18)(H,17,20). The fourth-order valence-corrected chi connectivity index (χ4v) is 2.00. The molecule has 0 saturated heterocycles. The summed E-state index contributed by atoms with van der Waals surface area (Å²) in [6, 6.07) is 13.4. The minimum atomic E-state index is -0.306. The molecular formula is C15H16N2O2S. The minimum absolute atomic E-state index is 0.0157. The molecule has 5 heteroatoms. The van der Waals surface area contributed by atoms with Crippen molar-refractivity contribution in [1.82, 2.24) is 10.6 Å². The monoisotopic (exact) mass is 288 g/mol. The summed E-state index contributed by atoms with van der Waals surface area (Å²) in [4.78, 5) is 12.0. The number of thiocarbonyl (C=S) groups is 1. The zero-order chi connectivity index (χ0) is 14.4. The van der Waals surface area contributed by atoms with Gasteiger partial charge in [-0.3, -0.25) is 4.79 Å². The number of hydrogen-bond donors (Lipinski definition) is 2. The van der Waals surface area contributed by atoms with Gasteiger partial charge in [-0.1, -0.05) is 42.5 Å². The summed E-state index contributed by atoms with van der Waals surface area (Å²) in [5.41, 5.74) is 1.08. The Bertz CT molecular complexity index is 567. The van der Waals surface area contributed by atoms with Crippen molar-refractivity contribution in [3.63, 3.8) is 0 Å². The number of furan rings is 1. The zero-order valence-corrected chi connectivity index (χ0v) is 11.9. The largest absolute Gasteiger partial charge is 0.467 e. The van der Waals surface area contributed by atoms with Crippen LogP contribution in [0.4, 0.5) is 0 Å². The lowest BCUT2D eigenvalue weighted by Gasteiger charge is -2.15. The highest BCUT2D eigenvalue weighted by Gasteiger charge is 2.13. The van der Waals surface area contributed by atoms with Crippen molar-refractivity contribution in [1.29, 1.82) is 0 Å². The van der Waals surface area contributed by atoms with Gasteiger partial charge in [0.2, 0.25) is 0 Å². The molecule has 0 aliphatic rings. The molecule has 1 atom stereocenters. The number of benzene rings is 1. The molecule has 4 nitrogen and oxygen atoms in total. The quantitative estimate of drug-likeness (QED) is 0.849. The molecule has 1 unspecified atom stereocenters. The molecule has 20 heavy (non-hydrogen) atoms. The van der Waals surface area contributed by atoms with Gasteiger partial charge < -0.3 is 15.1 Å². The lowest BCUT2D eigenvalue weighted by atomic mass is 10.1. The summed E-state index contributed by atoms with van der Waals surface area (Å²) < 4.78 is 5.14. The first-order valence-corrected chi connectivity index (χ1v) is 6.73. The Morgan fingerprint density at radius 2 is 2.00 bits per heavy atom. The van der Waals surface area contributed by atoms with E-state index in [1.54, 1.807) is 18.4 Å². The molecule has 0 saturated carbocycles. The molecule has 1 heterocycles. The molecule has 0 radical (unpaired) electrons. The van der Waals surface area contributed by atoms with Crippen molar-refractivity contribution in [3.8, 4) is 0 Å². The van der Waals surface area contributed by atoms with E-state index in [-0.39, 0.29) is 16.9 Å². The van der Waals surface area contributed by atoms with E-state index in [0.29, 0.717) is 12.3 Å². The SMILES string of the molecule is CC(NC(=S)C(=O)NCc1ccco1)c1ccccc1. The molecule has 1 aromatic carbocycles. The zero-order valence-electron chi connectivity index (χ0n) is 11.1. The van der Waals surface area contributed by atoms with Crippen LogP contribution in [0.1, 0.15) is 24.3 Å². The molecule has 0 aliphatic carbocycles. The molecule has 2 aromatic rings. The van der Waals surface area contributed by atoms with Crippen LogP contribution in [0.25, 0.3) is 0 Å². The third-order valence-electron chi connectivity index (χ3n) is 2.86. The van der Waals surface area contributed by atoms with Gasteiger partial charge in [0.1, 0.15) is 5.76 Å². The highest BCUT2D eigenvalue weighted by molar-refractivity contribution is 7.82. The summed E-state index contributed by atoms with van der Waals surface area (Å²) in [6.45, 7) is 2.29. The predicted molar refractivity (Wildman–Crippen MR) is 81.1 cm³/mol. The molecule has 104 valence electrons. The average Bonchev–Trinajstić information content (AvgIpc) is 2.98. The van der Waals surface area contributed by atoms with Gasteiger partial charge >= 0.3 is 0 Å². The second kappa shape index (κ2) is 6.86. The number of rotatable bonds is 4. The highest BCUT2D eigenvalue weighted by atomic mass is 32.1. The van der Waals surface area contributed by atoms with E-state index in [2.05, 4.69) is 10.6 Å². The smallest absolute Gasteiger partial charge is 0.279 e. The lowest BCUT2D eigenvalue weighted by Crippen LogP contribution is -2.39. The van der Waals surface area contributed by atoms with Gasteiger partial charge in [-0.05, 0) is 24.6 Å². The normalized spacial score (nSPS) is 11.7. The Morgan fingerprint density at radius 3 is 2.65 bits per heavy atom. The van der Waals surface area contributed by atoms with Crippen LogP contribution < -0.4 is 10.6 Å². The molecule has 2 rings (SSSR count). The summed E-state index contributed by atoms with van der Waals surface area (Å²) in [6.07, 6.45) is 1.57. The molecule has 1 amide bonds. The van der Waals surface area contributed by atoms with Crippen LogP contribution in [0.15, 0.2) is 53.1 Å². The first-order chi connectivity index (χ1) is 9.66. The highest BCUT2D eigenvalue weighted by Crippen LogP contribution is 2.10. The van der Waals surface area contributed by atoms with E-state index in [0.717, 1.165) is 5.56 Å². The van der Waals surface area contributed by atoms with Gasteiger partial charge in [0, 0.05) is 6.04 Å². The van der Waals surface area contributed by atoms with Crippen LogP contribution in [0.2, 0.25) is 0 Å². The number of carbonyl (C=O) groups excluding carboxylic acids is 1. The Labute approximate surface area is 123 Å². The number of carbonyl (C=O) groups is 1. The number of amides is 1. The van der Waals surface area contributed by atoms with Crippen LogP contribution in [-0.4, -0.2) is 10.9 Å². The van der Waals surface area contributed by atoms with Gasteiger partial charge in [-0.15, -0.1) is 0 Å². The summed E-state index contributed by atoms with van der Waals surface area (Å²) in [5, 5.41) is 5.72. The van der Waals surface area contributed by atoms with Crippen molar-refractivity contribution in [3.05, 3.63) is 60.1 Å². The van der Waals surface area contributed by atoms with Gasteiger partial charge in [-0.2, -0.15) is 0 Å². The second-order valence-electron chi connectivity index (χ2n) is 4.37. The Kier molecular flexibility index (Phi) is 4.90.